The third-order valence-electron chi connectivity index (χ3n) is 2.71. The molecule has 1 saturated heterocycles. The Hall–Kier alpha value is -1.57. The molecule has 1 aromatic carbocycles. The molecule has 0 spiro atoms. The fourth-order valence-electron chi connectivity index (χ4n) is 1.79. The lowest BCUT2D eigenvalue weighted by Crippen LogP contribution is -2.43. The Bertz CT molecular complexity index is 375. The van der Waals surface area contributed by atoms with Crippen molar-refractivity contribution in [3.63, 3.8) is 0 Å². The molecule has 0 N–H and O–H groups in total. The number of rotatable bonds is 4. The molecule has 0 aliphatic carbocycles. The third-order valence-corrected chi connectivity index (χ3v) is 2.71. The Morgan fingerprint density at radius 1 is 1.41 bits per heavy atom. The number of nitriles is 1. The normalized spacial score (nSPS) is 20.8. The average Bonchev–Trinajstić information content (AvgIpc) is 2.40. The summed E-state index contributed by atoms with van der Waals surface area (Å²) in [6.07, 6.45) is -0.291. The van der Waals surface area contributed by atoms with Crippen LogP contribution in [0.25, 0.3) is 0 Å². The Kier molecular flexibility index (Phi) is 4.37. The van der Waals surface area contributed by atoms with E-state index in [1.54, 1.807) is 0 Å². The number of para-hydroxylation sites is 1. The molecule has 0 bridgehead atoms. The Morgan fingerprint density at radius 3 is 3.00 bits per heavy atom. The summed E-state index contributed by atoms with van der Waals surface area (Å²) in [5.74, 6) is 0.887. The van der Waals surface area contributed by atoms with Gasteiger partial charge in [-0.05, 0) is 12.1 Å². The van der Waals surface area contributed by atoms with Crippen LogP contribution in [0.3, 0.4) is 0 Å². The number of nitrogens with zero attached hydrogens (tertiary/aromatic N) is 2. The van der Waals surface area contributed by atoms with Crippen LogP contribution in [0.1, 0.15) is 0 Å². The minimum Gasteiger partial charge on any atom is -0.492 e. The van der Waals surface area contributed by atoms with Gasteiger partial charge in [0.25, 0.3) is 0 Å². The second-order valence-corrected chi connectivity index (χ2v) is 3.95. The van der Waals surface area contributed by atoms with E-state index in [1.807, 2.05) is 30.3 Å². The van der Waals surface area contributed by atoms with Gasteiger partial charge in [-0.25, -0.2) is 0 Å². The summed E-state index contributed by atoms with van der Waals surface area (Å²) in [6.45, 7) is 3.65. The topological polar surface area (TPSA) is 45.5 Å². The second-order valence-electron chi connectivity index (χ2n) is 3.95. The van der Waals surface area contributed by atoms with Crippen LogP contribution in [0, 0.1) is 11.3 Å². The van der Waals surface area contributed by atoms with Gasteiger partial charge in [0.2, 0.25) is 0 Å². The molecule has 2 rings (SSSR count). The second kappa shape index (κ2) is 6.24. The van der Waals surface area contributed by atoms with Crippen molar-refractivity contribution in [1.82, 2.24) is 4.90 Å². The lowest BCUT2D eigenvalue weighted by molar-refractivity contribution is -0.00334. The van der Waals surface area contributed by atoms with Crippen molar-refractivity contribution in [1.29, 1.82) is 5.26 Å². The zero-order valence-corrected chi connectivity index (χ0v) is 9.71. The van der Waals surface area contributed by atoms with Gasteiger partial charge in [0, 0.05) is 19.6 Å². The number of hydrogen-bond donors (Lipinski definition) is 0. The van der Waals surface area contributed by atoms with E-state index < -0.39 is 0 Å². The maximum Gasteiger partial charge on any atom is 0.156 e. The summed E-state index contributed by atoms with van der Waals surface area (Å²) >= 11 is 0. The minimum absolute atomic E-state index is 0.291. The molecule has 1 atom stereocenters. The zero-order valence-electron chi connectivity index (χ0n) is 9.71. The zero-order chi connectivity index (χ0) is 11.9. The molecule has 1 fully saturated rings. The van der Waals surface area contributed by atoms with Gasteiger partial charge in [-0.1, -0.05) is 18.2 Å². The number of ether oxygens (including phenoxy) is 2. The van der Waals surface area contributed by atoms with Crippen molar-refractivity contribution in [2.75, 3.05) is 32.8 Å². The molecule has 0 amide bonds. The maximum absolute atomic E-state index is 8.78. The highest BCUT2D eigenvalue weighted by atomic mass is 16.5. The van der Waals surface area contributed by atoms with Gasteiger partial charge in [0.05, 0.1) is 12.7 Å². The van der Waals surface area contributed by atoms with Crippen molar-refractivity contribution in [2.45, 2.75) is 6.10 Å². The Labute approximate surface area is 101 Å². The van der Waals surface area contributed by atoms with Crippen molar-refractivity contribution in [3.05, 3.63) is 30.3 Å². The van der Waals surface area contributed by atoms with Crippen molar-refractivity contribution in [3.8, 4) is 11.8 Å². The highest BCUT2D eigenvalue weighted by molar-refractivity contribution is 5.20. The summed E-state index contributed by atoms with van der Waals surface area (Å²) in [5.41, 5.74) is 0. The van der Waals surface area contributed by atoms with Crippen LogP contribution in [0.5, 0.6) is 5.75 Å². The smallest absolute Gasteiger partial charge is 0.156 e. The first-order chi connectivity index (χ1) is 8.38. The predicted molar refractivity (Wildman–Crippen MR) is 63.7 cm³/mol. The van der Waals surface area contributed by atoms with Gasteiger partial charge >= 0.3 is 0 Å². The van der Waals surface area contributed by atoms with Crippen LogP contribution in [0.2, 0.25) is 0 Å². The molecule has 1 aromatic rings. The van der Waals surface area contributed by atoms with Crippen molar-refractivity contribution in [2.24, 2.45) is 0 Å². The van der Waals surface area contributed by atoms with Gasteiger partial charge in [-0.3, -0.25) is 4.90 Å². The molecule has 1 aliphatic heterocycles. The fraction of sp³-hybridized carbons (Fsp3) is 0.462. The van der Waals surface area contributed by atoms with Crippen LogP contribution in [0.4, 0.5) is 0 Å². The Balaban J connectivity index is 1.70. The van der Waals surface area contributed by atoms with Crippen LogP contribution < -0.4 is 4.74 Å². The summed E-state index contributed by atoms with van der Waals surface area (Å²) in [7, 11) is 0. The van der Waals surface area contributed by atoms with E-state index in [2.05, 4.69) is 11.0 Å². The van der Waals surface area contributed by atoms with Crippen molar-refractivity contribution >= 4 is 0 Å². The van der Waals surface area contributed by atoms with E-state index in [1.165, 1.54) is 0 Å². The van der Waals surface area contributed by atoms with Crippen LogP contribution in [-0.2, 0) is 4.74 Å². The van der Waals surface area contributed by atoms with Crippen LogP contribution >= 0.6 is 0 Å². The van der Waals surface area contributed by atoms with Crippen molar-refractivity contribution < 1.29 is 9.47 Å². The quantitative estimate of drug-likeness (QED) is 0.784. The lowest BCUT2D eigenvalue weighted by atomic mass is 10.3. The summed E-state index contributed by atoms with van der Waals surface area (Å²) in [4.78, 5) is 2.19. The largest absolute Gasteiger partial charge is 0.492 e. The summed E-state index contributed by atoms with van der Waals surface area (Å²) in [6, 6.07) is 11.9. The summed E-state index contributed by atoms with van der Waals surface area (Å²) < 4.78 is 10.9. The molecule has 0 aromatic heterocycles. The summed E-state index contributed by atoms with van der Waals surface area (Å²) in [5, 5.41) is 8.78. The lowest BCUT2D eigenvalue weighted by Gasteiger charge is -2.29. The molecule has 1 aliphatic rings. The third kappa shape index (κ3) is 3.74. The first kappa shape index (κ1) is 11.9. The van der Waals surface area contributed by atoms with Gasteiger partial charge in [0.15, 0.2) is 6.10 Å². The van der Waals surface area contributed by atoms with E-state index in [4.69, 9.17) is 14.7 Å². The monoisotopic (exact) mass is 232 g/mol. The highest BCUT2D eigenvalue weighted by Gasteiger charge is 2.19. The van der Waals surface area contributed by atoms with E-state index in [0.29, 0.717) is 19.8 Å². The molecular weight excluding hydrogens is 216 g/mol. The molecular formula is C13H16N2O2. The van der Waals surface area contributed by atoms with E-state index in [-0.39, 0.29) is 6.10 Å². The van der Waals surface area contributed by atoms with E-state index in [0.717, 1.165) is 18.8 Å². The first-order valence-electron chi connectivity index (χ1n) is 5.80. The predicted octanol–water partition coefficient (Wildman–Crippen LogP) is 1.29. The van der Waals surface area contributed by atoms with Gasteiger partial charge in [-0.15, -0.1) is 0 Å². The fourth-order valence-corrected chi connectivity index (χ4v) is 1.79. The van der Waals surface area contributed by atoms with Crippen LogP contribution in [-0.4, -0.2) is 43.9 Å². The molecule has 4 nitrogen and oxygen atoms in total. The first-order valence-corrected chi connectivity index (χ1v) is 5.80. The average molecular weight is 232 g/mol. The SMILES string of the molecule is N#CC1CN(CCOc2ccccc2)CCO1. The number of hydrogen-bond acceptors (Lipinski definition) is 4. The van der Waals surface area contributed by atoms with Gasteiger partial charge in [-0.2, -0.15) is 5.26 Å². The number of benzene rings is 1. The molecule has 0 saturated carbocycles. The van der Waals surface area contributed by atoms with E-state index in [9.17, 15) is 0 Å². The Morgan fingerprint density at radius 2 is 2.24 bits per heavy atom. The highest BCUT2D eigenvalue weighted by Crippen LogP contribution is 2.09. The standard InChI is InChI=1S/C13H16N2O2/c14-10-13-11-15(7-9-17-13)6-8-16-12-4-2-1-3-5-12/h1-5,13H,6-9,11H2. The minimum atomic E-state index is -0.291. The van der Waals surface area contributed by atoms with E-state index >= 15 is 0 Å². The molecule has 4 heteroatoms. The molecule has 1 heterocycles. The molecule has 17 heavy (non-hydrogen) atoms. The molecule has 0 radical (unpaired) electrons. The van der Waals surface area contributed by atoms with Crippen LogP contribution in [0.15, 0.2) is 30.3 Å². The molecule has 90 valence electrons. The van der Waals surface area contributed by atoms with Gasteiger partial charge in [0.1, 0.15) is 12.4 Å². The number of morpholine rings is 1. The maximum atomic E-state index is 8.78. The van der Waals surface area contributed by atoms with Gasteiger partial charge < -0.3 is 9.47 Å². The molecule has 1 unspecified atom stereocenters.